The Hall–Kier alpha value is -2.09. The lowest BCUT2D eigenvalue weighted by Gasteiger charge is -2.10. The van der Waals surface area contributed by atoms with Crippen molar-refractivity contribution < 1.29 is 9.53 Å². The van der Waals surface area contributed by atoms with Gasteiger partial charge in [0.2, 0.25) is 0 Å². The molecular weight excluding hydrogens is 272 g/mol. The fourth-order valence-electron chi connectivity index (χ4n) is 2.60. The van der Waals surface area contributed by atoms with Gasteiger partial charge in [0.25, 0.3) is 0 Å². The fraction of sp³-hybridized carbons (Fsp3) is 0.350. The normalized spacial score (nSPS) is 10.5. The van der Waals surface area contributed by atoms with Crippen molar-refractivity contribution >= 4 is 5.97 Å². The SMILES string of the molecule is CCOC(=O)CCc1ccc(-c2ccc(CC)cc2)c(C)c1. The highest BCUT2D eigenvalue weighted by Gasteiger charge is 2.06. The molecule has 2 aromatic rings. The van der Waals surface area contributed by atoms with Gasteiger partial charge in [-0.2, -0.15) is 0 Å². The van der Waals surface area contributed by atoms with E-state index in [4.69, 9.17) is 4.74 Å². The third kappa shape index (κ3) is 4.20. The first kappa shape index (κ1) is 16.3. The monoisotopic (exact) mass is 296 g/mol. The third-order valence-electron chi connectivity index (χ3n) is 3.89. The standard InChI is InChI=1S/C20H24O2/c1-4-16-6-10-18(11-7-16)19-12-8-17(14-15(19)3)9-13-20(21)22-5-2/h6-8,10-12,14H,4-5,9,13H2,1-3H3. The molecule has 0 saturated heterocycles. The number of aryl methyl sites for hydroxylation is 3. The van der Waals surface area contributed by atoms with Crippen molar-refractivity contribution in [2.75, 3.05) is 6.61 Å². The van der Waals surface area contributed by atoms with E-state index in [1.807, 2.05) is 6.92 Å². The molecular formula is C20H24O2. The highest BCUT2D eigenvalue weighted by Crippen LogP contribution is 2.25. The lowest BCUT2D eigenvalue weighted by Crippen LogP contribution is -2.05. The smallest absolute Gasteiger partial charge is 0.306 e. The second-order valence-electron chi connectivity index (χ2n) is 5.50. The number of hydrogen-bond donors (Lipinski definition) is 0. The van der Waals surface area contributed by atoms with Crippen molar-refractivity contribution in [2.45, 2.75) is 40.0 Å². The van der Waals surface area contributed by atoms with Gasteiger partial charge in [-0.15, -0.1) is 0 Å². The van der Waals surface area contributed by atoms with Gasteiger partial charge in [0, 0.05) is 6.42 Å². The Morgan fingerprint density at radius 3 is 2.27 bits per heavy atom. The van der Waals surface area contributed by atoms with Gasteiger partial charge in [-0.3, -0.25) is 4.79 Å². The van der Waals surface area contributed by atoms with Crippen LogP contribution in [0.15, 0.2) is 42.5 Å². The molecule has 0 saturated carbocycles. The molecule has 0 aliphatic carbocycles. The highest BCUT2D eigenvalue weighted by molar-refractivity contribution is 5.70. The van der Waals surface area contributed by atoms with E-state index >= 15 is 0 Å². The van der Waals surface area contributed by atoms with Crippen LogP contribution in [0.2, 0.25) is 0 Å². The van der Waals surface area contributed by atoms with Gasteiger partial charge in [0.05, 0.1) is 6.61 Å². The second kappa shape index (κ2) is 7.79. The van der Waals surface area contributed by atoms with Crippen molar-refractivity contribution in [1.29, 1.82) is 0 Å². The molecule has 0 aliphatic heterocycles. The Balaban J connectivity index is 2.10. The summed E-state index contributed by atoms with van der Waals surface area (Å²) in [6.45, 7) is 6.57. The number of esters is 1. The predicted molar refractivity (Wildman–Crippen MR) is 90.9 cm³/mol. The first-order valence-corrected chi connectivity index (χ1v) is 7.98. The van der Waals surface area contributed by atoms with Crippen molar-refractivity contribution in [2.24, 2.45) is 0 Å². The molecule has 2 aromatic carbocycles. The zero-order valence-corrected chi connectivity index (χ0v) is 13.7. The van der Waals surface area contributed by atoms with Crippen LogP contribution in [0.5, 0.6) is 0 Å². The fourth-order valence-corrected chi connectivity index (χ4v) is 2.60. The summed E-state index contributed by atoms with van der Waals surface area (Å²) in [6, 6.07) is 15.2. The van der Waals surface area contributed by atoms with Gasteiger partial charge in [-0.25, -0.2) is 0 Å². The van der Waals surface area contributed by atoms with Gasteiger partial charge in [0.1, 0.15) is 0 Å². The molecule has 116 valence electrons. The summed E-state index contributed by atoms with van der Waals surface area (Å²) in [4.78, 5) is 11.4. The van der Waals surface area contributed by atoms with E-state index in [0.29, 0.717) is 13.0 Å². The quantitative estimate of drug-likeness (QED) is 0.721. The molecule has 0 aliphatic rings. The summed E-state index contributed by atoms with van der Waals surface area (Å²) in [5.41, 5.74) is 6.27. The molecule has 0 heterocycles. The summed E-state index contributed by atoms with van der Waals surface area (Å²) in [5.74, 6) is -0.126. The third-order valence-corrected chi connectivity index (χ3v) is 3.89. The first-order chi connectivity index (χ1) is 10.6. The Bertz CT molecular complexity index is 627. The van der Waals surface area contributed by atoms with Crippen molar-refractivity contribution in [3.05, 3.63) is 59.2 Å². The molecule has 0 radical (unpaired) electrons. The van der Waals surface area contributed by atoms with Crippen LogP contribution in [0.3, 0.4) is 0 Å². The molecule has 0 N–H and O–H groups in total. The van der Waals surface area contributed by atoms with Crippen molar-refractivity contribution in [3.8, 4) is 11.1 Å². The predicted octanol–water partition coefficient (Wildman–Crippen LogP) is 4.72. The molecule has 22 heavy (non-hydrogen) atoms. The van der Waals surface area contributed by atoms with E-state index in [9.17, 15) is 4.79 Å². The minimum atomic E-state index is -0.126. The first-order valence-electron chi connectivity index (χ1n) is 7.98. The molecule has 0 atom stereocenters. The highest BCUT2D eigenvalue weighted by atomic mass is 16.5. The number of carbonyl (C=O) groups excluding carboxylic acids is 1. The minimum Gasteiger partial charge on any atom is -0.466 e. The summed E-state index contributed by atoms with van der Waals surface area (Å²) in [5, 5.41) is 0. The summed E-state index contributed by atoms with van der Waals surface area (Å²) < 4.78 is 4.97. The van der Waals surface area contributed by atoms with Crippen LogP contribution in [0.25, 0.3) is 11.1 Å². The maximum Gasteiger partial charge on any atom is 0.306 e. The van der Waals surface area contributed by atoms with Crippen LogP contribution in [0.4, 0.5) is 0 Å². The zero-order valence-electron chi connectivity index (χ0n) is 13.7. The van der Waals surface area contributed by atoms with Gasteiger partial charge < -0.3 is 4.74 Å². The van der Waals surface area contributed by atoms with E-state index in [0.717, 1.165) is 12.8 Å². The lowest BCUT2D eigenvalue weighted by atomic mass is 9.96. The van der Waals surface area contributed by atoms with E-state index in [2.05, 4.69) is 56.3 Å². The zero-order chi connectivity index (χ0) is 15.9. The van der Waals surface area contributed by atoms with Gasteiger partial charge in [-0.05, 0) is 54.5 Å². The van der Waals surface area contributed by atoms with Crippen LogP contribution in [0, 0.1) is 6.92 Å². The van der Waals surface area contributed by atoms with Gasteiger partial charge in [0.15, 0.2) is 0 Å². The Labute approximate surface area is 133 Å². The molecule has 2 rings (SSSR count). The molecule has 0 unspecified atom stereocenters. The molecule has 0 aromatic heterocycles. The van der Waals surface area contributed by atoms with Crippen molar-refractivity contribution in [1.82, 2.24) is 0 Å². The minimum absolute atomic E-state index is 0.126. The maximum atomic E-state index is 11.4. The van der Waals surface area contributed by atoms with E-state index in [-0.39, 0.29) is 5.97 Å². The number of hydrogen-bond acceptors (Lipinski definition) is 2. The molecule has 0 bridgehead atoms. The number of carbonyl (C=O) groups is 1. The molecule has 0 amide bonds. The Morgan fingerprint density at radius 1 is 1.00 bits per heavy atom. The van der Waals surface area contributed by atoms with E-state index in [1.165, 1.54) is 27.8 Å². The van der Waals surface area contributed by atoms with Gasteiger partial charge in [-0.1, -0.05) is 49.4 Å². The average molecular weight is 296 g/mol. The van der Waals surface area contributed by atoms with Crippen LogP contribution in [-0.4, -0.2) is 12.6 Å². The largest absolute Gasteiger partial charge is 0.466 e. The average Bonchev–Trinajstić information content (AvgIpc) is 2.53. The lowest BCUT2D eigenvalue weighted by molar-refractivity contribution is -0.143. The second-order valence-corrected chi connectivity index (χ2v) is 5.50. The molecule has 0 fully saturated rings. The summed E-state index contributed by atoms with van der Waals surface area (Å²) >= 11 is 0. The van der Waals surface area contributed by atoms with Crippen LogP contribution in [0.1, 0.15) is 37.0 Å². The number of ether oxygens (including phenoxy) is 1. The summed E-state index contributed by atoms with van der Waals surface area (Å²) in [6.07, 6.45) is 2.23. The van der Waals surface area contributed by atoms with E-state index in [1.54, 1.807) is 0 Å². The molecule has 2 heteroatoms. The number of rotatable bonds is 6. The molecule has 0 spiro atoms. The van der Waals surface area contributed by atoms with Crippen molar-refractivity contribution in [3.63, 3.8) is 0 Å². The van der Waals surface area contributed by atoms with E-state index < -0.39 is 0 Å². The summed E-state index contributed by atoms with van der Waals surface area (Å²) in [7, 11) is 0. The Kier molecular flexibility index (Phi) is 5.76. The topological polar surface area (TPSA) is 26.3 Å². The van der Waals surface area contributed by atoms with Crippen LogP contribution in [-0.2, 0) is 22.4 Å². The Morgan fingerprint density at radius 2 is 1.68 bits per heavy atom. The van der Waals surface area contributed by atoms with Crippen LogP contribution < -0.4 is 0 Å². The number of benzene rings is 2. The maximum absolute atomic E-state index is 11.4. The van der Waals surface area contributed by atoms with Crippen LogP contribution >= 0.6 is 0 Å². The molecule has 2 nitrogen and oxygen atoms in total. The van der Waals surface area contributed by atoms with Gasteiger partial charge >= 0.3 is 5.97 Å².